The van der Waals surface area contributed by atoms with Gasteiger partial charge in [-0.25, -0.2) is 9.69 Å². The first-order valence-electron chi connectivity index (χ1n) is 11.1. The highest BCUT2D eigenvalue weighted by Crippen LogP contribution is 2.30. The van der Waals surface area contributed by atoms with Gasteiger partial charge in [0, 0.05) is 24.3 Å². The van der Waals surface area contributed by atoms with Crippen LogP contribution in [-0.2, 0) is 14.3 Å². The fourth-order valence-electron chi connectivity index (χ4n) is 3.81. The van der Waals surface area contributed by atoms with Crippen molar-refractivity contribution >= 4 is 46.7 Å². The van der Waals surface area contributed by atoms with Crippen molar-refractivity contribution in [2.45, 2.75) is 26.2 Å². The molecule has 9 heteroatoms. The minimum atomic E-state index is -0.670. The molecule has 3 amide bonds. The third kappa shape index (κ3) is 4.68. The second-order valence-electron chi connectivity index (χ2n) is 8.02. The number of nitrogens with zero attached hydrogens (tertiary/aromatic N) is 2. The second-order valence-corrected chi connectivity index (χ2v) is 8.40. The van der Waals surface area contributed by atoms with E-state index < -0.39 is 17.8 Å². The van der Waals surface area contributed by atoms with Gasteiger partial charge in [-0.3, -0.25) is 14.4 Å². The van der Waals surface area contributed by atoms with Gasteiger partial charge in [-0.1, -0.05) is 18.5 Å². The zero-order valence-electron chi connectivity index (χ0n) is 18.7. The fourth-order valence-corrected chi connectivity index (χ4v) is 4.03. The van der Waals surface area contributed by atoms with Gasteiger partial charge in [0.05, 0.1) is 17.9 Å². The molecule has 2 heterocycles. The molecule has 1 fully saturated rings. The Morgan fingerprint density at radius 1 is 0.941 bits per heavy atom. The highest BCUT2D eigenvalue weighted by Gasteiger charge is 2.39. The lowest BCUT2D eigenvalue weighted by molar-refractivity contribution is -0.120. The van der Waals surface area contributed by atoms with E-state index in [-0.39, 0.29) is 22.3 Å². The number of hydrogen-bond donors (Lipinski definition) is 1. The average Bonchev–Trinajstić information content (AvgIpc) is 3.47. The third-order valence-electron chi connectivity index (χ3n) is 5.62. The number of anilines is 2. The van der Waals surface area contributed by atoms with Gasteiger partial charge < -0.3 is 15.0 Å². The summed E-state index contributed by atoms with van der Waals surface area (Å²) in [5.74, 6) is -1.79. The van der Waals surface area contributed by atoms with E-state index in [0.717, 1.165) is 30.8 Å². The van der Waals surface area contributed by atoms with Crippen molar-refractivity contribution < 1.29 is 23.9 Å². The van der Waals surface area contributed by atoms with Crippen LogP contribution >= 0.6 is 11.6 Å². The van der Waals surface area contributed by atoms with Crippen molar-refractivity contribution in [3.63, 3.8) is 0 Å². The molecule has 0 atom stereocenters. The number of benzene rings is 2. The maximum Gasteiger partial charge on any atom is 0.338 e. The molecule has 2 aromatic carbocycles. The topological polar surface area (TPSA) is 96.0 Å². The normalized spacial score (nSPS) is 15.8. The average molecular weight is 482 g/mol. The van der Waals surface area contributed by atoms with Crippen LogP contribution in [0.4, 0.5) is 11.4 Å². The molecule has 4 rings (SSSR count). The number of esters is 1. The summed E-state index contributed by atoms with van der Waals surface area (Å²) >= 11 is 6.20. The highest BCUT2D eigenvalue weighted by molar-refractivity contribution is 6.53. The summed E-state index contributed by atoms with van der Waals surface area (Å²) in [6.07, 6.45) is 2.73. The number of ether oxygens (including phenoxy) is 1. The molecule has 1 N–H and O–H groups in total. The number of halogens is 1. The summed E-state index contributed by atoms with van der Waals surface area (Å²) in [5.41, 5.74) is 1.61. The Bertz CT molecular complexity index is 1150. The summed E-state index contributed by atoms with van der Waals surface area (Å²) in [7, 11) is 0. The fraction of sp³-hybridized carbons (Fsp3) is 0.280. The number of carbonyl (C=O) groups is 4. The smallest absolute Gasteiger partial charge is 0.338 e. The monoisotopic (exact) mass is 481 g/mol. The number of likely N-dealkylation sites (tertiary alicyclic amines) is 1. The Balaban J connectivity index is 1.46. The van der Waals surface area contributed by atoms with E-state index in [0.29, 0.717) is 29.8 Å². The van der Waals surface area contributed by atoms with Gasteiger partial charge >= 0.3 is 5.97 Å². The molecule has 2 aliphatic rings. The molecule has 0 radical (unpaired) electrons. The minimum Gasteiger partial charge on any atom is -0.462 e. The first kappa shape index (κ1) is 23.5. The van der Waals surface area contributed by atoms with Gasteiger partial charge in [0.15, 0.2) is 0 Å². The van der Waals surface area contributed by atoms with Crippen molar-refractivity contribution in [1.29, 1.82) is 0 Å². The molecule has 0 spiro atoms. The van der Waals surface area contributed by atoms with Crippen molar-refractivity contribution in [3.05, 3.63) is 70.4 Å². The van der Waals surface area contributed by atoms with Crippen LogP contribution in [0.25, 0.3) is 0 Å². The van der Waals surface area contributed by atoms with Crippen LogP contribution in [0.2, 0.25) is 0 Å². The van der Waals surface area contributed by atoms with E-state index in [4.69, 9.17) is 16.3 Å². The van der Waals surface area contributed by atoms with Crippen LogP contribution in [0.5, 0.6) is 0 Å². The predicted octanol–water partition coefficient (Wildman–Crippen LogP) is 3.93. The number of amides is 3. The minimum absolute atomic E-state index is 0.0263. The van der Waals surface area contributed by atoms with Gasteiger partial charge in [0.2, 0.25) is 0 Å². The van der Waals surface area contributed by atoms with Gasteiger partial charge in [-0.05, 0) is 67.8 Å². The maximum absolute atomic E-state index is 13.0. The van der Waals surface area contributed by atoms with Gasteiger partial charge in [0.25, 0.3) is 17.7 Å². The van der Waals surface area contributed by atoms with Crippen LogP contribution in [-0.4, -0.2) is 48.3 Å². The molecule has 8 nitrogen and oxygen atoms in total. The molecule has 0 saturated carbocycles. The summed E-state index contributed by atoms with van der Waals surface area (Å²) in [6, 6.07) is 12.6. The zero-order chi connectivity index (χ0) is 24.2. The Morgan fingerprint density at radius 2 is 1.56 bits per heavy atom. The van der Waals surface area contributed by atoms with Crippen LogP contribution in [0.15, 0.2) is 59.3 Å². The molecule has 0 aromatic heterocycles. The van der Waals surface area contributed by atoms with E-state index in [9.17, 15) is 19.2 Å². The van der Waals surface area contributed by atoms with Crippen molar-refractivity contribution in [1.82, 2.24) is 4.90 Å². The molecular weight excluding hydrogens is 458 g/mol. The zero-order valence-corrected chi connectivity index (χ0v) is 19.4. The van der Waals surface area contributed by atoms with E-state index in [1.165, 1.54) is 24.3 Å². The van der Waals surface area contributed by atoms with Crippen molar-refractivity contribution in [2.24, 2.45) is 0 Å². The lowest BCUT2D eigenvalue weighted by Gasteiger charge is -2.16. The molecule has 2 aromatic rings. The summed E-state index contributed by atoms with van der Waals surface area (Å²) in [6.45, 7) is 3.72. The lowest BCUT2D eigenvalue weighted by atomic mass is 10.1. The van der Waals surface area contributed by atoms with Crippen LogP contribution in [0, 0.1) is 0 Å². The third-order valence-corrected chi connectivity index (χ3v) is 5.97. The van der Waals surface area contributed by atoms with Gasteiger partial charge in [-0.2, -0.15) is 0 Å². The standard InChI is InChI=1S/C25H24ClN3O5/c1-2-15-34-25(33)17-7-11-19(12-8-17)29-23(31)20(26)21(24(29)32)27-18-9-5-16(6-10-18)22(30)28-13-3-4-14-28/h5-12,27H,2-4,13-15H2,1H3. The molecule has 0 aliphatic carbocycles. The van der Waals surface area contributed by atoms with E-state index in [2.05, 4.69) is 5.32 Å². The molecular formula is C25H24ClN3O5. The quantitative estimate of drug-likeness (QED) is 0.475. The molecule has 0 unspecified atom stereocenters. The SMILES string of the molecule is CCCOC(=O)c1ccc(N2C(=O)C(Cl)=C(Nc3ccc(C(=O)N4CCCC4)cc3)C2=O)cc1. The molecule has 0 bridgehead atoms. The molecule has 1 saturated heterocycles. The number of rotatable bonds is 7. The number of imide groups is 1. The van der Waals surface area contributed by atoms with E-state index in [1.54, 1.807) is 24.3 Å². The van der Waals surface area contributed by atoms with Crippen molar-refractivity contribution in [2.75, 3.05) is 29.9 Å². The highest BCUT2D eigenvalue weighted by atomic mass is 35.5. The van der Waals surface area contributed by atoms with Crippen molar-refractivity contribution in [3.8, 4) is 0 Å². The summed E-state index contributed by atoms with van der Waals surface area (Å²) in [5, 5.41) is 2.65. The Kier molecular flexibility index (Phi) is 6.98. The number of hydrogen-bond acceptors (Lipinski definition) is 6. The molecule has 34 heavy (non-hydrogen) atoms. The lowest BCUT2D eigenvalue weighted by Crippen LogP contribution is -2.32. The maximum atomic E-state index is 13.0. The second kappa shape index (κ2) is 10.1. The summed E-state index contributed by atoms with van der Waals surface area (Å²) < 4.78 is 5.09. The van der Waals surface area contributed by atoms with Crippen LogP contribution < -0.4 is 10.2 Å². The Morgan fingerprint density at radius 3 is 2.18 bits per heavy atom. The summed E-state index contributed by atoms with van der Waals surface area (Å²) in [4.78, 5) is 52.9. The van der Waals surface area contributed by atoms with E-state index >= 15 is 0 Å². The van der Waals surface area contributed by atoms with Crippen LogP contribution in [0.3, 0.4) is 0 Å². The number of nitrogens with one attached hydrogen (secondary N) is 1. The first-order chi connectivity index (χ1) is 16.4. The predicted molar refractivity (Wildman–Crippen MR) is 128 cm³/mol. The Hall–Kier alpha value is -3.65. The molecule has 2 aliphatic heterocycles. The molecule has 176 valence electrons. The largest absolute Gasteiger partial charge is 0.462 e. The number of carbonyl (C=O) groups excluding carboxylic acids is 4. The van der Waals surface area contributed by atoms with E-state index in [1.807, 2.05) is 11.8 Å². The van der Waals surface area contributed by atoms with Crippen LogP contribution in [0.1, 0.15) is 46.9 Å². The Labute approximate surface area is 202 Å². The van der Waals surface area contributed by atoms with Gasteiger partial charge in [-0.15, -0.1) is 0 Å². The van der Waals surface area contributed by atoms with Gasteiger partial charge in [0.1, 0.15) is 10.7 Å². The first-order valence-corrected chi connectivity index (χ1v) is 11.5.